The molecule has 1 atom stereocenters. The molecular formula is C22H21ClN2O3S. The standard InChI is InChI=1S/C22H21ClN2O3S/c1-15(29-20-9-4-3-8-19(20)23)22(26)25-14-16-10-11-21(24-13-16)28-18-7-5-6-17(12-18)27-2/h3-13,15H,14H2,1-2H3,(H,25,26). The molecule has 0 aliphatic rings. The number of aromatic nitrogens is 1. The summed E-state index contributed by atoms with van der Waals surface area (Å²) in [6.07, 6.45) is 1.68. The van der Waals surface area contributed by atoms with Crippen molar-refractivity contribution in [2.75, 3.05) is 7.11 Å². The van der Waals surface area contributed by atoms with E-state index in [-0.39, 0.29) is 11.2 Å². The number of carbonyl (C=O) groups excluding carboxylic acids is 1. The van der Waals surface area contributed by atoms with Crippen molar-refractivity contribution in [3.8, 4) is 17.4 Å². The van der Waals surface area contributed by atoms with Gasteiger partial charge < -0.3 is 14.8 Å². The predicted molar refractivity (Wildman–Crippen MR) is 116 cm³/mol. The van der Waals surface area contributed by atoms with Gasteiger partial charge in [-0.05, 0) is 36.8 Å². The van der Waals surface area contributed by atoms with Crippen molar-refractivity contribution >= 4 is 29.3 Å². The normalized spacial score (nSPS) is 11.6. The second-order valence-corrected chi connectivity index (χ2v) is 7.98. The van der Waals surface area contributed by atoms with E-state index in [9.17, 15) is 4.79 Å². The molecule has 0 radical (unpaired) electrons. The summed E-state index contributed by atoms with van der Waals surface area (Å²) in [6.45, 7) is 2.24. The fraction of sp³-hybridized carbons (Fsp3) is 0.182. The molecule has 1 aromatic heterocycles. The summed E-state index contributed by atoms with van der Waals surface area (Å²) in [5.41, 5.74) is 0.881. The number of thioether (sulfide) groups is 1. The van der Waals surface area contributed by atoms with Crippen LogP contribution in [0.4, 0.5) is 0 Å². The van der Waals surface area contributed by atoms with Gasteiger partial charge in [-0.3, -0.25) is 4.79 Å². The number of carbonyl (C=O) groups is 1. The molecule has 1 amide bonds. The van der Waals surface area contributed by atoms with Gasteiger partial charge in [0.15, 0.2) is 0 Å². The Bertz CT molecular complexity index is 966. The van der Waals surface area contributed by atoms with Gasteiger partial charge in [-0.25, -0.2) is 4.98 Å². The van der Waals surface area contributed by atoms with Crippen molar-refractivity contribution in [3.63, 3.8) is 0 Å². The zero-order valence-electron chi connectivity index (χ0n) is 16.1. The third-order valence-electron chi connectivity index (χ3n) is 4.04. The minimum atomic E-state index is -0.265. The molecular weight excluding hydrogens is 408 g/mol. The largest absolute Gasteiger partial charge is 0.497 e. The quantitative estimate of drug-likeness (QED) is 0.491. The summed E-state index contributed by atoms with van der Waals surface area (Å²) in [4.78, 5) is 17.5. The van der Waals surface area contributed by atoms with Gasteiger partial charge in [-0.1, -0.05) is 35.9 Å². The van der Waals surface area contributed by atoms with Crippen molar-refractivity contribution in [1.82, 2.24) is 10.3 Å². The summed E-state index contributed by atoms with van der Waals surface area (Å²) >= 11 is 7.59. The molecule has 0 saturated heterocycles. The van der Waals surface area contributed by atoms with Crippen molar-refractivity contribution < 1.29 is 14.3 Å². The molecule has 7 heteroatoms. The number of pyridine rings is 1. The van der Waals surface area contributed by atoms with Gasteiger partial charge >= 0.3 is 0 Å². The Hall–Kier alpha value is -2.70. The number of hydrogen-bond donors (Lipinski definition) is 1. The number of methoxy groups -OCH3 is 1. The van der Waals surface area contributed by atoms with Crippen LogP contribution in [0, 0.1) is 0 Å². The van der Waals surface area contributed by atoms with E-state index in [4.69, 9.17) is 21.1 Å². The molecule has 1 N–H and O–H groups in total. The lowest BCUT2D eigenvalue weighted by atomic mass is 10.3. The number of amides is 1. The number of hydrogen-bond acceptors (Lipinski definition) is 5. The van der Waals surface area contributed by atoms with Crippen molar-refractivity contribution in [2.45, 2.75) is 23.6 Å². The minimum Gasteiger partial charge on any atom is -0.497 e. The van der Waals surface area contributed by atoms with Crippen LogP contribution in [0.2, 0.25) is 5.02 Å². The highest BCUT2D eigenvalue weighted by Crippen LogP contribution is 2.30. The first-order chi connectivity index (χ1) is 14.0. The molecule has 5 nitrogen and oxygen atoms in total. The van der Waals surface area contributed by atoms with E-state index in [0.29, 0.717) is 28.9 Å². The Balaban J connectivity index is 1.51. The molecule has 0 bridgehead atoms. The average molecular weight is 429 g/mol. The third-order valence-corrected chi connectivity index (χ3v) is 5.66. The second kappa shape index (κ2) is 10.2. The summed E-state index contributed by atoms with van der Waals surface area (Å²) < 4.78 is 10.9. The molecule has 3 aromatic rings. The Kier molecular flexibility index (Phi) is 7.38. The molecule has 1 unspecified atom stereocenters. The number of nitrogens with one attached hydrogen (secondary N) is 1. The van der Waals surface area contributed by atoms with Gasteiger partial charge in [0.2, 0.25) is 11.8 Å². The molecule has 0 aliphatic heterocycles. The van der Waals surface area contributed by atoms with Crippen LogP contribution in [-0.2, 0) is 11.3 Å². The first-order valence-corrected chi connectivity index (χ1v) is 10.3. The summed E-state index contributed by atoms with van der Waals surface area (Å²) in [7, 11) is 1.61. The van der Waals surface area contributed by atoms with Crippen LogP contribution < -0.4 is 14.8 Å². The number of nitrogens with zero attached hydrogens (tertiary/aromatic N) is 1. The van der Waals surface area contributed by atoms with Crippen LogP contribution in [-0.4, -0.2) is 23.3 Å². The third kappa shape index (κ3) is 6.14. The van der Waals surface area contributed by atoms with Gasteiger partial charge in [0.1, 0.15) is 11.5 Å². The zero-order valence-corrected chi connectivity index (χ0v) is 17.7. The number of rotatable bonds is 8. The maximum atomic E-state index is 12.4. The smallest absolute Gasteiger partial charge is 0.233 e. The van der Waals surface area contributed by atoms with Crippen LogP contribution in [0.15, 0.2) is 71.8 Å². The molecule has 150 valence electrons. The SMILES string of the molecule is COc1cccc(Oc2ccc(CNC(=O)C(C)Sc3ccccc3Cl)cn2)c1. The summed E-state index contributed by atoms with van der Waals surface area (Å²) in [6, 6.07) is 18.4. The van der Waals surface area contributed by atoms with Gasteiger partial charge in [0, 0.05) is 29.8 Å². The van der Waals surface area contributed by atoms with Crippen molar-refractivity contribution in [1.29, 1.82) is 0 Å². The second-order valence-electron chi connectivity index (χ2n) is 6.19. The van der Waals surface area contributed by atoms with E-state index in [0.717, 1.165) is 10.5 Å². The van der Waals surface area contributed by atoms with E-state index in [1.807, 2.05) is 55.5 Å². The average Bonchev–Trinajstić information content (AvgIpc) is 2.74. The van der Waals surface area contributed by atoms with Crippen molar-refractivity contribution in [3.05, 3.63) is 77.4 Å². The predicted octanol–water partition coefficient (Wildman–Crippen LogP) is 5.33. The Morgan fingerprint density at radius 3 is 2.66 bits per heavy atom. The molecule has 3 rings (SSSR count). The molecule has 0 spiro atoms. The van der Waals surface area contributed by atoms with Crippen LogP contribution in [0.1, 0.15) is 12.5 Å². The van der Waals surface area contributed by atoms with Crippen LogP contribution >= 0.6 is 23.4 Å². The van der Waals surface area contributed by atoms with E-state index >= 15 is 0 Å². The van der Waals surface area contributed by atoms with Crippen LogP contribution in [0.5, 0.6) is 17.4 Å². The maximum Gasteiger partial charge on any atom is 0.233 e. The molecule has 0 saturated carbocycles. The maximum absolute atomic E-state index is 12.4. The highest BCUT2D eigenvalue weighted by molar-refractivity contribution is 8.00. The monoisotopic (exact) mass is 428 g/mol. The van der Waals surface area contributed by atoms with E-state index in [1.165, 1.54) is 11.8 Å². The van der Waals surface area contributed by atoms with Gasteiger partial charge in [0.05, 0.1) is 17.4 Å². The first kappa shape index (κ1) is 21.0. The fourth-order valence-corrected chi connectivity index (χ4v) is 3.66. The van der Waals surface area contributed by atoms with E-state index in [2.05, 4.69) is 10.3 Å². The lowest BCUT2D eigenvalue weighted by Crippen LogP contribution is -2.30. The lowest BCUT2D eigenvalue weighted by molar-refractivity contribution is -0.120. The molecule has 1 heterocycles. The van der Waals surface area contributed by atoms with Crippen LogP contribution in [0.25, 0.3) is 0 Å². The highest BCUT2D eigenvalue weighted by atomic mass is 35.5. The lowest BCUT2D eigenvalue weighted by Gasteiger charge is -2.13. The van der Waals surface area contributed by atoms with E-state index in [1.54, 1.807) is 25.4 Å². The van der Waals surface area contributed by atoms with Gasteiger partial charge in [-0.15, -0.1) is 11.8 Å². The Morgan fingerprint density at radius 2 is 1.93 bits per heavy atom. The number of halogens is 1. The molecule has 0 aliphatic carbocycles. The van der Waals surface area contributed by atoms with Gasteiger partial charge in [0.25, 0.3) is 0 Å². The van der Waals surface area contributed by atoms with E-state index < -0.39 is 0 Å². The molecule has 2 aromatic carbocycles. The van der Waals surface area contributed by atoms with Crippen LogP contribution in [0.3, 0.4) is 0 Å². The summed E-state index contributed by atoms with van der Waals surface area (Å²) in [5.74, 6) is 1.76. The number of benzene rings is 2. The minimum absolute atomic E-state index is 0.0633. The molecule has 29 heavy (non-hydrogen) atoms. The number of ether oxygens (including phenoxy) is 2. The first-order valence-electron chi connectivity index (χ1n) is 9.01. The zero-order chi connectivity index (χ0) is 20.6. The summed E-state index contributed by atoms with van der Waals surface area (Å²) in [5, 5.41) is 3.30. The fourth-order valence-electron chi connectivity index (χ4n) is 2.48. The Morgan fingerprint density at radius 1 is 1.14 bits per heavy atom. The Labute approximate surface area is 179 Å². The van der Waals surface area contributed by atoms with Crippen molar-refractivity contribution in [2.24, 2.45) is 0 Å². The topological polar surface area (TPSA) is 60.5 Å². The van der Waals surface area contributed by atoms with Gasteiger partial charge in [-0.2, -0.15) is 0 Å². The highest BCUT2D eigenvalue weighted by Gasteiger charge is 2.15. The molecule has 0 fully saturated rings.